The van der Waals surface area contributed by atoms with Gasteiger partial charge in [-0.05, 0) is 173 Å². The van der Waals surface area contributed by atoms with E-state index in [0.717, 1.165) is 69.4 Å². The average molecular weight is 952 g/mol. The minimum absolute atomic E-state index is 0.285. The number of esters is 1. The van der Waals surface area contributed by atoms with E-state index in [4.69, 9.17) is 37.4 Å². The number of aliphatic carboxylic acids is 1. The molecule has 6 aromatic rings. The van der Waals surface area contributed by atoms with Crippen molar-refractivity contribution in [1.29, 1.82) is 0 Å². The molecule has 0 radical (unpaired) electrons. The molecule has 1 N–H and O–H groups in total. The zero-order valence-corrected chi connectivity index (χ0v) is 38.8. The lowest BCUT2D eigenvalue weighted by atomic mass is 9.87. The highest BCUT2D eigenvalue weighted by atomic mass is 79.9. The lowest BCUT2D eigenvalue weighted by Crippen LogP contribution is -2.29. The predicted octanol–water partition coefficient (Wildman–Crippen LogP) is 14.8. The van der Waals surface area contributed by atoms with Gasteiger partial charge in [0.15, 0.2) is 12.2 Å². The smallest absolute Gasteiger partial charge is 0.339 e. The van der Waals surface area contributed by atoms with Crippen LogP contribution in [-0.4, -0.2) is 34.9 Å². The van der Waals surface area contributed by atoms with Gasteiger partial charge in [-0.25, -0.2) is 9.59 Å². The highest BCUT2D eigenvalue weighted by molar-refractivity contribution is 9.11. The van der Waals surface area contributed by atoms with E-state index in [1.807, 2.05) is 140 Å². The monoisotopic (exact) mass is 948 g/mol. The Morgan fingerprint density at radius 2 is 0.948 bits per heavy atom. The number of halogens is 4. The Morgan fingerprint density at radius 1 is 0.603 bits per heavy atom. The predicted molar refractivity (Wildman–Crippen MR) is 245 cm³/mol. The third kappa shape index (κ3) is 10.3. The third-order valence-corrected chi connectivity index (χ3v) is 11.9. The van der Waals surface area contributed by atoms with Crippen LogP contribution in [0.5, 0.6) is 0 Å². The van der Waals surface area contributed by atoms with Crippen LogP contribution in [0.2, 0.25) is 10.0 Å². The van der Waals surface area contributed by atoms with Gasteiger partial charge in [0, 0.05) is 30.1 Å². The Morgan fingerprint density at radius 3 is 1.29 bits per heavy atom. The number of fused-ring (bicyclic) bond motifs is 2. The minimum atomic E-state index is -1.11. The number of carboxylic acid groups (broad SMARTS) is 1. The first-order chi connectivity index (χ1) is 27.2. The van der Waals surface area contributed by atoms with E-state index in [1.54, 1.807) is 6.92 Å². The SMILES string of the molecule is CCOC(=O)C(OC(C)(C)C)c1c(C)c(Br)c2ccccc2c1-c1ccc(Cl)cc1.Cc1c(C(OC(C)(C)C)C(=O)O)c(-c2ccc(Cl)cc2)c2ccccc2c1Br. The molecule has 0 aliphatic rings. The summed E-state index contributed by atoms with van der Waals surface area (Å²) in [6.07, 6.45) is -1.97. The Bertz CT molecular complexity index is 2450. The molecule has 0 aliphatic carbocycles. The van der Waals surface area contributed by atoms with Crippen molar-refractivity contribution in [3.8, 4) is 22.3 Å². The highest BCUT2D eigenvalue weighted by Crippen LogP contribution is 2.46. The van der Waals surface area contributed by atoms with E-state index >= 15 is 0 Å². The van der Waals surface area contributed by atoms with Crippen LogP contribution in [0.4, 0.5) is 0 Å². The molecule has 2 unspecified atom stereocenters. The standard InChI is InChI=1S/C25H26BrClO3.C23H22BrClO3/c1-6-29-24(28)23(30-25(3,4)5)20-15(2)22(26)19-10-8-7-9-18(19)21(20)16-11-13-17(27)14-12-16;1-13-18(21(22(26)27)28-23(2,3)4)19(14-9-11-15(25)12-10-14)16-7-5-6-8-17(16)20(13)24/h7-14,23H,6H2,1-5H3;5-12,21H,1-4H3,(H,26,27). The van der Waals surface area contributed by atoms with E-state index in [9.17, 15) is 14.7 Å². The Balaban J connectivity index is 0.000000221. The van der Waals surface area contributed by atoms with Crippen molar-refractivity contribution >= 4 is 88.5 Å². The summed E-state index contributed by atoms with van der Waals surface area (Å²) in [4.78, 5) is 25.3. The molecule has 58 heavy (non-hydrogen) atoms. The van der Waals surface area contributed by atoms with Crippen molar-refractivity contribution in [2.45, 2.75) is 85.7 Å². The first-order valence-corrected chi connectivity index (χ1v) is 21.3. The van der Waals surface area contributed by atoms with Gasteiger partial charge in [0.05, 0.1) is 17.8 Å². The van der Waals surface area contributed by atoms with Gasteiger partial charge in [-0.2, -0.15) is 0 Å². The normalized spacial score (nSPS) is 12.8. The molecule has 0 amide bonds. The summed E-state index contributed by atoms with van der Waals surface area (Å²) in [6, 6.07) is 31.2. The molecule has 0 heterocycles. The zero-order valence-electron chi connectivity index (χ0n) is 34.1. The van der Waals surface area contributed by atoms with E-state index in [2.05, 4.69) is 44.0 Å². The molecule has 0 saturated carbocycles. The van der Waals surface area contributed by atoms with Gasteiger partial charge < -0.3 is 19.3 Å². The van der Waals surface area contributed by atoms with Gasteiger partial charge in [-0.1, -0.05) is 96.0 Å². The van der Waals surface area contributed by atoms with Crippen LogP contribution in [0.3, 0.4) is 0 Å². The van der Waals surface area contributed by atoms with Crippen LogP contribution in [0.1, 0.15) is 82.9 Å². The lowest BCUT2D eigenvalue weighted by Gasteiger charge is -2.30. The number of ether oxygens (including phenoxy) is 3. The molecule has 10 heteroatoms. The molecule has 304 valence electrons. The van der Waals surface area contributed by atoms with Gasteiger partial charge in [0.1, 0.15) is 0 Å². The number of hydrogen-bond acceptors (Lipinski definition) is 5. The van der Waals surface area contributed by atoms with E-state index in [-0.39, 0.29) is 6.61 Å². The summed E-state index contributed by atoms with van der Waals surface area (Å²) >= 11 is 19.7. The second kappa shape index (κ2) is 18.7. The average Bonchev–Trinajstić information content (AvgIpc) is 3.16. The number of hydrogen-bond donors (Lipinski definition) is 1. The molecule has 0 saturated heterocycles. The minimum Gasteiger partial charge on any atom is -0.479 e. The van der Waals surface area contributed by atoms with Crippen molar-refractivity contribution < 1.29 is 28.9 Å². The van der Waals surface area contributed by atoms with Crippen molar-refractivity contribution in [2.75, 3.05) is 6.61 Å². The van der Waals surface area contributed by atoms with Gasteiger partial charge in [0.25, 0.3) is 0 Å². The van der Waals surface area contributed by atoms with Crippen LogP contribution < -0.4 is 0 Å². The maximum atomic E-state index is 13.1. The fourth-order valence-electron chi connectivity index (χ4n) is 6.98. The van der Waals surface area contributed by atoms with E-state index < -0.39 is 35.3 Å². The molecule has 2 atom stereocenters. The number of rotatable bonds is 9. The van der Waals surface area contributed by atoms with Crippen molar-refractivity contribution in [3.63, 3.8) is 0 Å². The molecule has 0 aliphatic heterocycles. The molecule has 6 rings (SSSR count). The molecule has 0 bridgehead atoms. The molecular formula is C48H48Br2Cl2O6. The topological polar surface area (TPSA) is 82.1 Å². The van der Waals surface area contributed by atoms with E-state index in [1.165, 1.54) is 0 Å². The highest BCUT2D eigenvalue weighted by Gasteiger charge is 2.35. The number of carbonyl (C=O) groups excluding carboxylic acids is 1. The quantitative estimate of drug-likeness (QED) is 0.145. The fraction of sp³-hybridized carbons (Fsp3) is 0.292. The fourth-order valence-corrected chi connectivity index (χ4v) is 8.35. The summed E-state index contributed by atoms with van der Waals surface area (Å²) in [6.45, 7) is 17.4. The van der Waals surface area contributed by atoms with Crippen molar-refractivity contribution in [2.24, 2.45) is 0 Å². The van der Waals surface area contributed by atoms with Gasteiger partial charge in [-0.15, -0.1) is 0 Å². The second-order valence-corrected chi connectivity index (χ2v) is 18.3. The van der Waals surface area contributed by atoms with Crippen LogP contribution >= 0.6 is 55.1 Å². The largest absolute Gasteiger partial charge is 0.479 e. The van der Waals surface area contributed by atoms with E-state index in [0.29, 0.717) is 15.6 Å². The van der Waals surface area contributed by atoms with Crippen molar-refractivity contribution in [3.05, 3.63) is 138 Å². The summed E-state index contributed by atoms with van der Waals surface area (Å²) in [7, 11) is 0. The van der Waals surface area contributed by atoms with Crippen LogP contribution in [-0.2, 0) is 23.8 Å². The Labute approximate surface area is 368 Å². The molecular weight excluding hydrogens is 903 g/mol. The Kier molecular flexibility index (Phi) is 14.6. The number of carbonyl (C=O) groups is 2. The van der Waals surface area contributed by atoms with Crippen LogP contribution in [0.25, 0.3) is 43.8 Å². The molecule has 0 spiro atoms. The third-order valence-electron chi connectivity index (χ3n) is 9.33. The first kappa shape index (κ1) is 45.3. The lowest BCUT2D eigenvalue weighted by molar-refractivity contribution is -0.166. The van der Waals surface area contributed by atoms with Gasteiger partial charge >= 0.3 is 11.9 Å². The summed E-state index contributed by atoms with van der Waals surface area (Å²) in [5.74, 6) is -1.41. The maximum Gasteiger partial charge on any atom is 0.339 e. The van der Waals surface area contributed by atoms with Crippen LogP contribution in [0, 0.1) is 13.8 Å². The Hall–Kier alpha value is -3.76. The van der Waals surface area contributed by atoms with Crippen LogP contribution in [0.15, 0.2) is 106 Å². The maximum absolute atomic E-state index is 13.1. The summed E-state index contributed by atoms with van der Waals surface area (Å²) < 4.78 is 19.5. The molecule has 6 nitrogen and oxygen atoms in total. The molecule has 0 aromatic heterocycles. The zero-order chi connectivity index (χ0) is 42.7. The molecule has 0 fully saturated rings. The van der Waals surface area contributed by atoms with Crippen molar-refractivity contribution in [1.82, 2.24) is 0 Å². The summed E-state index contributed by atoms with van der Waals surface area (Å²) in [5.41, 5.74) is 5.75. The summed E-state index contributed by atoms with van der Waals surface area (Å²) in [5, 5.41) is 15.4. The van der Waals surface area contributed by atoms with Gasteiger partial charge in [0.2, 0.25) is 0 Å². The molecule has 6 aromatic carbocycles. The first-order valence-electron chi connectivity index (χ1n) is 18.9. The van der Waals surface area contributed by atoms with Gasteiger partial charge in [-0.3, -0.25) is 0 Å². The number of benzene rings is 6. The second-order valence-electron chi connectivity index (χ2n) is 15.9. The number of carboxylic acids is 1.